The first-order chi connectivity index (χ1) is 10.9. The number of halogens is 1. The third kappa shape index (κ3) is 5.46. The van der Waals surface area contributed by atoms with Crippen LogP contribution in [0, 0.1) is 20.2 Å². The number of non-ortho nitro benzene ring substituents is 1. The van der Waals surface area contributed by atoms with Crippen molar-refractivity contribution < 1.29 is 14.6 Å². The van der Waals surface area contributed by atoms with E-state index in [1.807, 2.05) is 0 Å². The number of nitro groups is 2. The lowest BCUT2D eigenvalue weighted by atomic mass is 10.1. The number of anilines is 1. The quantitative estimate of drug-likeness (QED) is 0.287. The van der Waals surface area contributed by atoms with Crippen molar-refractivity contribution in [3.05, 3.63) is 38.4 Å². The van der Waals surface area contributed by atoms with Gasteiger partial charge in [0.05, 0.1) is 27.8 Å². The summed E-state index contributed by atoms with van der Waals surface area (Å²) in [7, 11) is 0. The second-order valence-corrected chi connectivity index (χ2v) is 5.06. The summed E-state index contributed by atoms with van der Waals surface area (Å²) in [6, 6.07) is 2.49. The fraction of sp³-hybridized carbons (Fsp3) is 0.462. The smallest absolute Gasteiger partial charge is 0.299 e. The number of hydrogen-bond donors (Lipinski definition) is 2. The number of Topliss-reactive ketones (excluding diaryl/α,β-unsaturated/α-hetero) is 1. The molecule has 1 aromatic carbocycles. The summed E-state index contributed by atoms with van der Waals surface area (Å²) < 4.78 is 0. The van der Waals surface area contributed by atoms with Gasteiger partial charge in [-0.2, -0.15) is 0 Å². The van der Waals surface area contributed by atoms with Crippen LogP contribution in [0.15, 0.2) is 18.2 Å². The molecule has 23 heavy (non-hydrogen) atoms. The molecule has 0 bridgehead atoms. The van der Waals surface area contributed by atoms with Crippen molar-refractivity contribution in [3.63, 3.8) is 0 Å². The first kappa shape index (κ1) is 18.8. The third-order valence-corrected chi connectivity index (χ3v) is 3.45. The molecule has 1 rings (SSSR count). The van der Waals surface area contributed by atoms with E-state index in [9.17, 15) is 25.0 Å². The molecule has 9 nitrogen and oxygen atoms in total. The minimum atomic E-state index is -0.739. The highest BCUT2D eigenvalue weighted by Crippen LogP contribution is 2.30. The first-order valence-corrected chi connectivity index (χ1v) is 7.42. The highest BCUT2D eigenvalue weighted by Gasteiger charge is 2.24. The van der Waals surface area contributed by atoms with Gasteiger partial charge in [0, 0.05) is 6.07 Å². The SMILES string of the molecule is NCCCC[C@H](Nc1ccc([N+](=O)[O-])cc1[N+](=O)[O-])C(=O)CCl. The van der Waals surface area contributed by atoms with Crippen LogP contribution in [0.25, 0.3) is 0 Å². The van der Waals surface area contributed by atoms with Crippen LogP contribution in [-0.2, 0) is 4.79 Å². The molecule has 0 aliphatic carbocycles. The lowest BCUT2D eigenvalue weighted by Gasteiger charge is -2.17. The maximum atomic E-state index is 11.9. The number of benzene rings is 1. The van der Waals surface area contributed by atoms with Crippen molar-refractivity contribution >= 4 is 34.4 Å². The fourth-order valence-electron chi connectivity index (χ4n) is 1.99. The number of carbonyl (C=O) groups is 1. The molecular formula is C13H17ClN4O5. The summed E-state index contributed by atoms with van der Waals surface area (Å²) in [4.78, 5) is 32.2. The predicted molar refractivity (Wildman–Crippen MR) is 85.8 cm³/mol. The Hall–Kier alpha value is -2.26. The molecule has 0 aromatic heterocycles. The van der Waals surface area contributed by atoms with Crippen molar-refractivity contribution in [2.24, 2.45) is 5.73 Å². The minimum absolute atomic E-state index is 0.0387. The Labute approximate surface area is 137 Å². The zero-order valence-electron chi connectivity index (χ0n) is 12.2. The number of rotatable bonds is 10. The number of hydrogen-bond acceptors (Lipinski definition) is 7. The number of unbranched alkanes of at least 4 members (excludes halogenated alkanes) is 1. The lowest BCUT2D eigenvalue weighted by molar-refractivity contribution is -0.393. The highest BCUT2D eigenvalue weighted by molar-refractivity contribution is 6.28. The van der Waals surface area contributed by atoms with Gasteiger partial charge in [-0.3, -0.25) is 25.0 Å². The minimum Gasteiger partial charge on any atom is -0.370 e. The monoisotopic (exact) mass is 344 g/mol. The Morgan fingerprint density at radius 1 is 1.26 bits per heavy atom. The largest absolute Gasteiger partial charge is 0.370 e. The second kappa shape index (κ2) is 9.01. The van der Waals surface area contributed by atoms with Gasteiger partial charge in [-0.05, 0) is 31.9 Å². The number of carbonyl (C=O) groups excluding carboxylic acids is 1. The Morgan fingerprint density at radius 2 is 1.96 bits per heavy atom. The number of ketones is 1. The first-order valence-electron chi connectivity index (χ1n) is 6.88. The molecule has 0 saturated carbocycles. The van der Waals surface area contributed by atoms with Crippen LogP contribution < -0.4 is 11.1 Å². The standard InChI is InChI=1S/C13H17ClN4O5/c14-8-13(19)11(3-1-2-6-15)16-10-5-4-9(17(20)21)7-12(10)18(22)23/h4-5,7,11,16H,1-3,6,8,15H2/t11-/m0/s1. The summed E-state index contributed by atoms with van der Waals surface area (Å²) in [6.07, 6.45) is 1.77. The molecule has 0 unspecified atom stereocenters. The molecule has 0 fully saturated rings. The van der Waals surface area contributed by atoms with E-state index in [0.29, 0.717) is 25.8 Å². The fourth-order valence-corrected chi connectivity index (χ4v) is 2.18. The molecule has 0 amide bonds. The molecule has 10 heteroatoms. The Bertz CT molecular complexity index is 596. The zero-order valence-corrected chi connectivity index (χ0v) is 13.0. The van der Waals surface area contributed by atoms with E-state index < -0.39 is 27.3 Å². The number of nitrogens with two attached hydrogens (primary N) is 1. The highest BCUT2D eigenvalue weighted by atomic mass is 35.5. The van der Waals surface area contributed by atoms with Crippen LogP contribution in [-0.4, -0.2) is 34.1 Å². The van der Waals surface area contributed by atoms with Gasteiger partial charge in [0.1, 0.15) is 5.69 Å². The van der Waals surface area contributed by atoms with Crippen molar-refractivity contribution in [2.75, 3.05) is 17.7 Å². The van der Waals surface area contributed by atoms with E-state index in [1.165, 1.54) is 6.07 Å². The van der Waals surface area contributed by atoms with Crippen LogP contribution in [0.5, 0.6) is 0 Å². The van der Waals surface area contributed by atoms with Crippen LogP contribution in [0.2, 0.25) is 0 Å². The molecular weight excluding hydrogens is 328 g/mol. The van der Waals surface area contributed by atoms with Gasteiger partial charge in [-0.1, -0.05) is 0 Å². The molecule has 3 N–H and O–H groups in total. The lowest BCUT2D eigenvalue weighted by Crippen LogP contribution is -2.31. The van der Waals surface area contributed by atoms with Gasteiger partial charge in [-0.25, -0.2) is 0 Å². The average molecular weight is 345 g/mol. The Morgan fingerprint density at radius 3 is 2.48 bits per heavy atom. The average Bonchev–Trinajstić information content (AvgIpc) is 2.53. The van der Waals surface area contributed by atoms with Crippen molar-refractivity contribution in [1.29, 1.82) is 0 Å². The van der Waals surface area contributed by atoms with Crippen molar-refractivity contribution in [2.45, 2.75) is 25.3 Å². The number of nitrogens with zero attached hydrogens (tertiary/aromatic N) is 2. The van der Waals surface area contributed by atoms with Crippen LogP contribution in [0.1, 0.15) is 19.3 Å². The van der Waals surface area contributed by atoms with Gasteiger partial charge >= 0.3 is 0 Å². The Balaban J connectivity index is 3.04. The van der Waals surface area contributed by atoms with Gasteiger partial charge < -0.3 is 11.1 Å². The van der Waals surface area contributed by atoms with E-state index in [4.69, 9.17) is 17.3 Å². The molecule has 0 aliphatic heterocycles. The topological polar surface area (TPSA) is 141 Å². The summed E-state index contributed by atoms with van der Waals surface area (Å²) in [5.74, 6) is -0.544. The van der Waals surface area contributed by atoms with E-state index >= 15 is 0 Å². The van der Waals surface area contributed by atoms with E-state index in [0.717, 1.165) is 12.1 Å². The number of alkyl halides is 1. The summed E-state index contributed by atoms with van der Waals surface area (Å²) in [6.45, 7) is 0.472. The maximum Gasteiger partial charge on any atom is 0.299 e. The molecule has 1 aromatic rings. The van der Waals surface area contributed by atoms with Crippen LogP contribution >= 0.6 is 11.6 Å². The third-order valence-electron chi connectivity index (χ3n) is 3.19. The maximum absolute atomic E-state index is 11.9. The predicted octanol–water partition coefficient (Wildman–Crippen LogP) is 2.22. The van der Waals surface area contributed by atoms with Gasteiger partial charge in [0.2, 0.25) is 0 Å². The zero-order chi connectivity index (χ0) is 17.4. The summed E-state index contributed by atoms with van der Waals surface area (Å²) in [5, 5.41) is 24.6. The number of nitrogens with one attached hydrogen (secondary N) is 1. The molecule has 0 heterocycles. The van der Waals surface area contributed by atoms with Gasteiger partial charge in [0.15, 0.2) is 5.78 Å². The summed E-state index contributed by atoms with van der Waals surface area (Å²) in [5.41, 5.74) is 4.57. The Kier molecular flexibility index (Phi) is 7.36. The van der Waals surface area contributed by atoms with E-state index in [-0.39, 0.29) is 17.4 Å². The van der Waals surface area contributed by atoms with E-state index in [2.05, 4.69) is 5.32 Å². The van der Waals surface area contributed by atoms with Crippen LogP contribution in [0.3, 0.4) is 0 Å². The summed E-state index contributed by atoms with van der Waals surface area (Å²) >= 11 is 5.56. The molecule has 0 saturated heterocycles. The normalized spacial score (nSPS) is 11.7. The molecule has 126 valence electrons. The number of nitro benzene ring substituents is 2. The van der Waals surface area contributed by atoms with Crippen molar-refractivity contribution in [3.8, 4) is 0 Å². The van der Waals surface area contributed by atoms with Gasteiger partial charge in [0.25, 0.3) is 11.4 Å². The van der Waals surface area contributed by atoms with Crippen molar-refractivity contribution in [1.82, 2.24) is 0 Å². The second-order valence-electron chi connectivity index (χ2n) is 4.80. The molecule has 0 aliphatic rings. The van der Waals surface area contributed by atoms with E-state index in [1.54, 1.807) is 0 Å². The van der Waals surface area contributed by atoms with Gasteiger partial charge in [-0.15, -0.1) is 11.6 Å². The molecule has 0 spiro atoms. The van der Waals surface area contributed by atoms with Crippen LogP contribution in [0.4, 0.5) is 17.1 Å². The molecule has 0 radical (unpaired) electrons. The molecule has 1 atom stereocenters.